The van der Waals surface area contributed by atoms with Crippen LogP contribution in [0.1, 0.15) is 29.8 Å². The third-order valence-electron chi connectivity index (χ3n) is 6.15. The third-order valence-corrected chi connectivity index (χ3v) is 8.57. The molecule has 0 atom stereocenters. The van der Waals surface area contributed by atoms with Gasteiger partial charge in [0, 0.05) is 38.2 Å². The highest BCUT2D eigenvalue weighted by atomic mass is 32.2. The summed E-state index contributed by atoms with van der Waals surface area (Å²) in [6.45, 7) is 4.77. The molecule has 0 aliphatic carbocycles. The molecule has 9 heteroatoms. The molecule has 8 nitrogen and oxygen atoms in total. The SMILES string of the molecule is Cc1cc(C)n(CC(=O)N2CCC3(CC2)N(Cc2ccccc2)C(=O)CS3(=O)=O)n1. The fourth-order valence-corrected chi connectivity index (χ4v) is 6.57. The summed E-state index contributed by atoms with van der Waals surface area (Å²) in [6.07, 6.45) is 0.466. The van der Waals surface area contributed by atoms with Crippen LogP contribution in [0.4, 0.5) is 0 Å². The van der Waals surface area contributed by atoms with Crippen molar-refractivity contribution in [1.29, 1.82) is 0 Å². The number of piperidine rings is 1. The third kappa shape index (κ3) is 3.51. The molecule has 4 rings (SSSR count). The number of aromatic nitrogens is 2. The van der Waals surface area contributed by atoms with Gasteiger partial charge in [0.1, 0.15) is 17.2 Å². The highest BCUT2D eigenvalue weighted by Crippen LogP contribution is 2.40. The van der Waals surface area contributed by atoms with E-state index in [2.05, 4.69) is 5.10 Å². The van der Waals surface area contributed by atoms with Crippen molar-refractivity contribution in [3.05, 3.63) is 53.3 Å². The minimum absolute atomic E-state index is 0.0904. The molecule has 1 spiro atoms. The minimum atomic E-state index is -3.62. The van der Waals surface area contributed by atoms with Crippen molar-refractivity contribution in [2.24, 2.45) is 0 Å². The number of likely N-dealkylation sites (tertiary alicyclic amines) is 1. The second kappa shape index (κ2) is 7.54. The van der Waals surface area contributed by atoms with Crippen LogP contribution in [-0.4, -0.2) is 63.5 Å². The Balaban J connectivity index is 1.51. The number of carbonyl (C=O) groups is 2. The van der Waals surface area contributed by atoms with E-state index in [4.69, 9.17) is 0 Å². The second-order valence-corrected chi connectivity index (χ2v) is 10.4. The van der Waals surface area contributed by atoms with Gasteiger partial charge in [0.05, 0.1) is 5.69 Å². The Morgan fingerprint density at radius 1 is 1.13 bits per heavy atom. The number of benzene rings is 1. The highest BCUT2D eigenvalue weighted by Gasteiger charge is 2.58. The first-order valence-corrected chi connectivity index (χ1v) is 11.7. The molecule has 0 bridgehead atoms. The Morgan fingerprint density at radius 2 is 1.80 bits per heavy atom. The molecule has 2 amide bonds. The topological polar surface area (TPSA) is 92.6 Å². The number of amides is 2. The first kappa shape index (κ1) is 20.6. The second-order valence-electron chi connectivity index (χ2n) is 8.14. The van der Waals surface area contributed by atoms with Crippen LogP contribution in [0.5, 0.6) is 0 Å². The van der Waals surface area contributed by atoms with Crippen LogP contribution in [0.15, 0.2) is 36.4 Å². The minimum Gasteiger partial charge on any atom is -0.341 e. The van der Waals surface area contributed by atoms with E-state index in [1.165, 1.54) is 4.90 Å². The molecule has 2 aliphatic rings. The average molecular weight is 431 g/mol. The molecule has 0 radical (unpaired) electrons. The lowest BCUT2D eigenvalue weighted by Gasteiger charge is -2.43. The van der Waals surface area contributed by atoms with E-state index in [1.54, 1.807) is 9.58 Å². The van der Waals surface area contributed by atoms with Crippen molar-refractivity contribution >= 4 is 21.7 Å². The van der Waals surface area contributed by atoms with E-state index in [0.717, 1.165) is 17.0 Å². The Labute approximate surface area is 176 Å². The molecule has 1 aromatic heterocycles. The summed E-state index contributed by atoms with van der Waals surface area (Å²) in [7, 11) is -3.62. The van der Waals surface area contributed by atoms with Crippen molar-refractivity contribution in [1.82, 2.24) is 19.6 Å². The molecule has 1 aromatic carbocycles. The first-order valence-electron chi connectivity index (χ1n) is 10.1. The zero-order valence-corrected chi connectivity index (χ0v) is 18.1. The van der Waals surface area contributed by atoms with Crippen LogP contribution >= 0.6 is 0 Å². The van der Waals surface area contributed by atoms with Crippen LogP contribution in [-0.2, 0) is 32.5 Å². The monoisotopic (exact) mass is 430 g/mol. The van der Waals surface area contributed by atoms with Gasteiger partial charge in [-0.05, 0) is 25.5 Å². The highest BCUT2D eigenvalue weighted by molar-refractivity contribution is 7.93. The molecular formula is C21H26N4O4S. The zero-order chi connectivity index (χ0) is 21.5. The fraction of sp³-hybridized carbons (Fsp3) is 0.476. The maximum Gasteiger partial charge on any atom is 0.244 e. The number of hydrogen-bond acceptors (Lipinski definition) is 5. The Kier molecular flexibility index (Phi) is 5.17. The zero-order valence-electron chi connectivity index (χ0n) is 17.2. The molecule has 0 saturated carbocycles. The van der Waals surface area contributed by atoms with Gasteiger partial charge >= 0.3 is 0 Å². The summed E-state index contributed by atoms with van der Waals surface area (Å²) in [6, 6.07) is 11.3. The van der Waals surface area contributed by atoms with Gasteiger partial charge in [-0.1, -0.05) is 30.3 Å². The van der Waals surface area contributed by atoms with Crippen LogP contribution < -0.4 is 0 Å². The summed E-state index contributed by atoms with van der Waals surface area (Å²) in [5.41, 5.74) is 2.66. The van der Waals surface area contributed by atoms with Crippen molar-refractivity contribution in [2.45, 2.75) is 44.6 Å². The summed E-state index contributed by atoms with van der Waals surface area (Å²) >= 11 is 0. The number of sulfone groups is 1. The fourth-order valence-electron chi connectivity index (χ4n) is 4.52. The van der Waals surface area contributed by atoms with Gasteiger partial charge in [0.2, 0.25) is 11.8 Å². The van der Waals surface area contributed by atoms with E-state index in [-0.39, 0.29) is 37.7 Å². The van der Waals surface area contributed by atoms with Gasteiger partial charge < -0.3 is 9.80 Å². The molecule has 160 valence electrons. The van der Waals surface area contributed by atoms with E-state index >= 15 is 0 Å². The van der Waals surface area contributed by atoms with Gasteiger partial charge in [-0.15, -0.1) is 0 Å². The van der Waals surface area contributed by atoms with Crippen molar-refractivity contribution in [2.75, 3.05) is 18.8 Å². The first-order chi connectivity index (χ1) is 14.2. The lowest BCUT2D eigenvalue weighted by molar-refractivity contribution is -0.136. The smallest absolute Gasteiger partial charge is 0.244 e. The molecule has 3 heterocycles. The maximum absolute atomic E-state index is 13.0. The van der Waals surface area contributed by atoms with E-state index < -0.39 is 20.5 Å². The van der Waals surface area contributed by atoms with Gasteiger partial charge in [0.25, 0.3) is 0 Å². The Morgan fingerprint density at radius 3 is 2.40 bits per heavy atom. The summed E-state index contributed by atoms with van der Waals surface area (Å²) in [4.78, 5) is 27.4. The Bertz CT molecular complexity index is 1070. The lowest BCUT2D eigenvalue weighted by Crippen LogP contribution is -2.57. The number of aryl methyl sites for hydroxylation is 2. The van der Waals surface area contributed by atoms with Crippen LogP contribution in [0.3, 0.4) is 0 Å². The van der Waals surface area contributed by atoms with Crippen molar-refractivity contribution < 1.29 is 18.0 Å². The number of nitrogens with zero attached hydrogens (tertiary/aromatic N) is 4. The summed E-state index contributed by atoms with van der Waals surface area (Å²) in [5, 5.41) is 4.33. The lowest BCUT2D eigenvalue weighted by atomic mass is 10.0. The van der Waals surface area contributed by atoms with Crippen LogP contribution in [0.25, 0.3) is 0 Å². The molecule has 2 aliphatic heterocycles. The summed E-state index contributed by atoms with van der Waals surface area (Å²) < 4.78 is 27.6. The normalized spacial score (nSPS) is 20.1. The largest absolute Gasteiger partial charge is 0.341 e. The molecule has 2 aromatic rings. The number of hydrogen-bond donors (Lipinski definition) is 0. The maximum atomic E-state index is 13.0. The predicted octanol–water partition coefficient (Wildman–Crippen LogP) is 1.28. The van der Waals surface area contributed by atoms with Gasteiger partial charge in [0.15, 0.2) is 9.84 Å². The van der Waals surface area contributed by atoms with Crippen LogP contribution in [0, 0.1) is 13.8 Å². The van der Waals surface area contributed by atoms with Crippen LogP contribution in [0.2, 0.25) is 0 Å². The van der Waals surface area contributed by atoms with E-state index in [1.807, 2.05) is 50.2 Å². The number of carbonyl (C=O) groups excluding carboxylic acids is 2. The van der Waals surface area contributed by atoms with E-state index in [0.29, 0.717) is 13.1 Å². The van der Waals surface area contributed by atoms with Gasteiger partial charge in [-0.2, -0.15) is 5.10 Å². The Hall–Kier alpha value is -2.68. The quantitative estimate of drug-likeness (QED) is 0.729. The van der Waals surface area contributed by atoms with Crippen molar-refractivity contribution in [3.63, 3.8) is 0 Å². The number of rotatable bonds is 4. The van der Waals surface area contributed by atoms with E-state index in [9.17, 15) is 18.0 Å². The molecule has 2 saturated heterocycles. The summed E-state index contributed by atoms with van der Waals surface area (Å²) in [5.74, 6) is -0.909. The average Bonchev–Trinajstić information content (AvgIpc) is 3.11. The molecule has 0 N–H and O–H groups in total. The predicted molar refractivity (Wildman–Crippen MR) is 111 cm³/mol. The van der Waals surface area contributed by atoms with Gasteiger partial charge in [-0.25, -0.2) is 8.42 Å². The molecular weight excluding hydrogens is 404 g/mol. The molecule has 30 heavy (non-hydrogen) atoms. The van der Waals surface area contributed by atoms with Crippen molar-refractivity contribution in [3.8, 4) is 0 Å². The standard InChI is InChI=1S/C21H26N4O4S/c1-16-12-17(2)25(22-16)14-19(26)23-10-8-21(9-11-23)24(20(27)15-30(21,28)29)13-18-6-4-3-5-7-18/h3-7,12H,8-11,13-15H2,1-2H3. The molecule has 0 unspecified atom stereocenters. The van der Waals surface area contributed by atoms with Gasteiger partial charge in [-0.3, -0.25) is 14.3 Å². The molecule has 2 fully saturated rings.